The molecule has 0 radical (unpaired) electrons. The summed E-state index contributed by atoms with van der Waals surface area (Å²) < 4.78 is 10.9. The molecule has 1 N–H and O–H groups in total. The number of nitrogens with zero attached hydrogens (tertiary/aromatic N) is 2. The normalized spacial score (nSPS) is 10.8. The second-order valence-electron chi connectivity index (χ2n) is 4.44. The first kappa shape index (κ1) is 16.9. The van der Waals surface area contributed by atoms with Gasteiger partial charge in [-0.05, 0) is 32.5 Å². The molecule has 0 atom stereocenters. The number of nitrogens with one attached hydrogen (secondary N) is 1. The fourth-order valence-corrected chi connectivity index (χ4v) is 1.89. The Kier molecular flexibility index (Phi) is 8.95. The first-order valence-corrected chi connectivity index (χ1v) is 7.31. The van der Waals surface area contributed by atoms with Crippen molar-refractivity contribution in [1.82, 2.24) is 10.3 Å². The van der Waals surface area contributed by atoms with Gasteiger partial charge in [-0.15, -0.1) is 0 Å². The molecule has 20 heavy (non-hydrogen) atoms. The summed E-state index contributed by atoms with van der Waals surface area (Å²) in [5.41, 5.74) is 1.19. The van der Waals surface area contributed by atoms with E-state index in [0.29, 0.717) is 13.2 Å². The molecule has 1 heterocycles. The Labute approximate surface area is 122 Å². The van der Waals surface area contributed by atoms with Crippen molar-refractivity contribution in [2.45, 2.75) is 20.4 Å². The van der Waals surface area contributed by atoms with Crippen LogP contribution in [0.15, 0.2) is 18.3 Å². The number of anilines is 1. The Morgan fingerprint density at radius 2 is 1.75 bits per heavy atom. The van der Waals surface area contributed by atoms with Gasteiger partial charge in [-0.25, -0.2) is 4.98 Å². The second-order valence-corrected chi connectivity index (χ2v) is 4.44. The Morgan fingerprint density at radius 1 is 1.10 bits per heavy atom. The summed E-state index contributed by atoms with van der Waals surface area (Å²) >= 11 is 0. The third-order valence-electron chi connectivity index (χ3n) is 2.93. The molecule has 0 aromatic carbocycles. The molecule has 1 rings (SSSR count). The molecule has 0 amide bonds. The van der Waals surface area contributed by atoms with Crippen LogP contribution in [0.4, 0.5) is 5.82 Å². The quantitative estimate of drug-likeness (QED) is 0.625. The molecule has 0 fully saturated rings. The summed E-state index contributed by atoms with van der Waals surface area (Å²) in [5, 5.41) is 3.12. The monoisotopic (exact) mass is 281 g/mol. The highest BCUT2D eigenvalue weighted by molar-refractivity contribution is 5.39. The van der Waals surface area contributed by atoms with Gasteiger partial charge in [0.25, 0.3) is 0 Å². The van der Waals surface area contributed by atoms with Crippen LogP contribution in [0.25, 0.3) is 0 Å². The highest BCUT2D eigenvalue weighted by Crippen LogP contribution is 2.11. The zero-order chi connectivity index (χ0) is 14.6. The summed E-state index contributed by atoms with van der Waals surface area (Å²) in [4.78, 5) is 6.73. The lowest BCUT2D eigenvalue weighted by atomic mass is 10.2. The van der Waals surface area contributed by atoms with Gasteiger partial charge < -0.3 is 19.7 Å². The van der Waals surface area contributed by atoms with Crippen molar-refractivity contribution in [1.29, 1.82) is 0 Å². The van der Waals surface area contributed by atoms with Crippen LogP contribution >= 0.6 is 0 Å². The van der Waals surface area contributed by atoms with Gasteiger partial charge >= 0.3 is 0 Å². The number of ether oxygens (including phenoxy) is 2. The predicted molar refractivity (Wildman–Crippen MR) is 82.2 cm³/mol. The van der Waals surface area contributed by atoms with Crippen molar-refractivity contribution >= 4 is 5.82 Å². The zero-order valence-corrected chi connectivity index (χ0v) is 12.9. The number of hydrogen-bond donors (Lipinski definition) is 1. The summed E-state index contributed by atoms with van der Waals surface area (Å²) in [5.74, 6) is 0.976. The van der Waals surface area contributed by atoms with Crippen LogP contribution in [0.5, 0.6) is 0 Å². The van der Waals surface area contributed by atoms with E-state index < -0.39 is 0 Å². The topological polar surface area (TPSA) is 46.6 Å². The summed E-state index contributed by atoms with van der Waals surface area (Å²) in [6.07, 6.45) is 1.92. The van der Waals surface area contributed by atoms with Crippen LogP contribution in [-0.4, -0.2) is 51.5 Å². The summed E-state index contributed by atoms with van der Waals surface area (Å²) in [6, 6.07) is 4.16. The van der Waals surface area contributed by atoms with E-state index in [9.17, 15) is 0 Å². The van der Waals surface area contributed by atoms with Gasteiger partial charge in [0.2, 0.25) is 0 Å². The van der Waals surface area contributed by atoms with Gasteiger partial charge in [0.05, 0.1) is 13.2 Å². The lowest BCUT2D eigenvalue weighted by molar-refractivity contribution is 0.141. The number of pyridine rings is 1. The average Bonchev–Trinajstić information content (AvgIpc) is 2.47. The average molecular weight is 281 g/mol. The highest BCUT2D eigenvalue weighted by Gasteiger charge is 2.07. The van der Waals surface area contributed by atoms with Crippen LogP contribution in [0.2, 0.25) is 0 Å². The number of aromatic nitrogens is 1. The summed E-state index contributed by atoms with van der Waals surface area (Å²) in [6.45, 7) is 9.43. The fraction of sp³-hybridized carbons (Fsp3) is 0.667. The van der Waals surface area contributed by atoms with E-state index in [1.807, 2.05) is 27.1 Å². The molecule has 5 nitrogen and oxygen atoms in total. The van der Waals surface area contributed by atoms with E-state index in [-0.39, 0.29) is 0 Å². The van der Waals surface area contributed by atoms with Crippen molar-refractivity contribution in [3.8, 4) is 0 Å². The summed E-state index contributed by atoms with van der Waals surface area (Å²) in [7, 11) is 1.93. The molecule has 5 heteroatoms. The maximum atomic E-state index is 5.43. The van der Waals surface area contributed by atoms with Crippen LogP contribution in [0, 0.1) is 0 Å². The van der Waals surface area contributed by atoms with Crippen LogP contribution in [0.3, 0.4) is 0 Å². The predicted octanol–water partition coefficient (Wildman–Crippen LogP) is 1.68. The highest BCUT2D eigenvalue weighted by atomic mass is 16.5. The molecule has 0 bridgehead atoms. The fourth-order valence-electron chi connectivity index (χ4n) is 1.89. The maximum Gasteiger partial charge on any atom is 0.128 e. The zero-order valence-electron chi connectivity index (χ0n) is 12.9. The molecule has 0 aliphatic rings. The molecule has 114 valence electrons. The number of hydrogen-bond acceptors (Lipinski definition) is 5. The molecular weight excluding hydrogens is 254 g/mol. The molecule has 1 aromatic rings. The van der Waals surface area contributed by atoms with Crippen molar-refractivity contribution in [3.05, 3.63) is 23.9 Å². The van der Waals surface area contributed by atoms with Gasteiger partial charge in [0.15, 0.2) is 0 Å². The lowest BCUT2D eigenvalue weighted by Crippen LogP contribution is -2.31. The standard InChI is InChI=1S/C15H27N3O2/c1-4-19-10-8-18(9-11-20-5-2)15-7-6-14(12-16-3)13-17-15/h6-7,13,16H,4-5,8-12H2,1-3H3. The van der Waals surface area contributed by atoms with Gasteiger partial charge in [-0.2, -0.15) is 0 Å². The van der Waals surface area contributed by atoms with E-state index in [1.165, 1.54) is 5.56 Å². The molecule has 0 aliphatic carbocycles. The second kappa shape index (κ2) is 10.6. The lowest BCUT2D eigenvalue weighted by Gasteiger charge is -2.23. The van der Waals surface area contributed by atoms with Crippen LogP contribution < -0.4 is 10.2 Å². The van der Waals surface area contributed by atoms with Crippen LogP contribution in [0.1, 0.15) is 19.4 Å². The van der Waals surface area contributed by atoms with Crippen molar-refractivity contribution in [2.75, 3.05) is 51.5 Å². The van der Waals surface area contributed by atoms with E-state index in [2.05, 4.69) is 27.3 Å². The van der Waals surface area contributed by atoms with Gasteiger partial charge in [-0.3, -0.25) is 0 Å². The van der Waals surface area contributed by atoms with E-state index in [1.54, 1.807) is 0 Å². The molecule has 0 aliphatic heterocycles. The smallest absolute Gasteiger partial charge is 0.128 e. The van der Waals surface area contributed by atoms with Gasteiger partial charge in [-0.1, -0.05) is 6.07 Å². The minimum atomic E-state index is 0.711. The number of rotatable bonds is 11. The minimum Gasteiger partial charge on any atom is -0.380 e. The van der Waals surface area contributed by atoms with Gasteiger partial charge in [0.1, 0.15) is 5.82 Å². The Bertz CT molecular complexity index is 333. The molecule has 0 unspecified atom stereocenters. The third-order valence-corrected chi connectivity index (χ3v) is 2.93. The SMILES string of the molecule is CCOCCN(CCOCC)c1ccc(CNC)cn1. The first-order chi connectivity index (χ1) is 9.81. The Morgan fingerprint density at radius 3 is 2.20 bits per heavy atom. The molecule has 1 aromatic heterocycles. The van der Waals surface area contributed by atoms with Crippen LogP contribution in [-0.2, 0) is 16.0 Å². The van der Waals surface area contributed by atoms with E-state index in [4.69, 9.17) is 9.47 Å². The molecule has 0 saturated carbocycles. The van der Waals surface area contributed by atoms with E-state index in [0.717, 1.165) is 38.7 Å². The van der Waals surface area contributed by atoms with Crippen molar-refractivity contribution in [2.24, 2.45) is 0 Å². The van der Waals surface area contributed by atoms with Crippen molar-refractivity contribution in [3.63, 3.8) is 0 Å². The molecule has 0 spiro atoms. The first-order valence-electron chi connectivity index (χ1n) is 7.31. The van der Waals surface area contributed by atoms with Crippen molar-refractivity contribution < 1.29 is 9.47 Å². The largest absolute Gasteiger partial charge is 0.380 e. The van der Waals surface area contributed by atoms with Gasteiger partial charge in [0, 0.05) is 39.0 Å². The Balaban J connectivity index is 2.59. The van der Waals surface area contributed by atoms with E-state index >= 15 is 0 Å². The molecule has 0 saturated heterocycles. The third kappa shape index (κ3) is 6.32. The molecular formula is C15H27N3O2. The maximum absolute atomic E-state index is 5.43. The minimum absolute atomic E-state index is 0.711. The Hall–Kier alpha value is -1.17.